The van der Waals surface area contributed by atoms with Gasteiger partial charge in [0.25, 0.3) is 0 Å². The zero-order valence-electron chi connectivity index (χ0n) is 6.54. The Morgan fingerprint density at radius 1 is 1.46 bits per heavy atom. The summed E-state index contributed by atoms with van der Waals surface area (Å²) in [7, 11) is 0. The molecule has 2 aromatic rings. The van der Waals surface area contributed by atoms with Crippen molar-refractivity contribution >= 4 is 49.7 Å². The van der Waals surface area contributed by atoms with Gasteiger partial charge in [-0.05, 0) is 34.7 Å². The van der Waals surface area contributed by atoms with Crippen LogP contribution in [-0.2, 0) is 0 Å². The van der Waals surface area contributed by atoms with E-state index in [4.69, 9.17) is 11.0 Å². The average molecular weight is 300 g/mol. The van der Waals surface area contributed by atoms with Gasteiger partial charge in [-0.1, -0.05) is 0 Å². The van der Waals surface area contributed by atoms with Crippen molar-refractivity contribution in [3.05, 3.63) is 26.6 Å². The first-order valence-corrected chi connectivity index (χ1v) is 5.54. The van der Waals surface area contributed by atoms with Crippen molar-refractivity contribution in [3.8, 4) is 6.07 Å². The van der Waals surface area contributed by atoms with Crippen molar-refractivity contribution in [3.63, 3.8) is 0 Å². The molecule has 0 unspecified atom stereocenters. The Kier molecular flexibility index (Phi) is 2.14. The Morgan fingerprint density at radius 3 is 2.92 bits per heavy atom. The molecule has 1 aromatic carbocycles. The maximum absolute atomic E-state index is 8.90. The molecule has 1 heterocycles. The lowest BCUT2D eigenvalue weighted by Gasteiger charge is -1.96. The highest BCUT2D eigenvalue weighted by Gasteiger charge is 2.07. The van der Waals surface area contributed by atoms with Crippen LogP contribution in [-0.4, -0.2) is 0 Å². The summed E-state index contributed by atoms with van der Waals surface area (Å²) in [6, 6.07) is 6.05. The molecule has 0 saturated carbocycles. The fourth-order valence-electron chi connectivity index (χ4n) is 1.25. The number of nitrogens with zero attached hydrogens (tertiary/aromatic N) is 1. The lowest BCUT2D eigenvalue weighted by molar-refractivity contribution is 1.50. The molecule has 0 radical (unpaired) electrons. The Bertz CT molecular complexity index is 510. The van der Waals surface area contributed by atoms with Gasteiger partial charge < -0.3 is 5.73 Å². The van der Waals surface area contributed by atoms with E-state index >= 15 is 0 Å². The highest BCUT2D eigenvalue weighted by molar-refractivity contribution is 14.1. The second kappa shape index (κ2) is 3.16. The number of hydrogen-bond acceptors (Lipinski definition) is 3. The van der Waals surface area contributed by atoms with Crippen molar-refractivity contribution in [1.82, 2.24) is 0 Å². The number of rotatable bonds is 0. The van der Waals surface area contributed by atoms with Crippen LogP contribution in [0.25, 0.3) is 10.1 Å². The quantitative estimate of drug-likeness (QED) is 0.760. The van der Waals surface area contributed by atoms with Crippen molar-refractivity contribution < 1.29 is 0 Å². The van der Waals surface area contributed by atoms with E-state index in [1.807, 2.05) is 17.5 Å². The molecule has 2 rings (SSSR count). The Hall–Kier alpha value is -0.800. The van der Waals surface area contributed by atoms with Crippen LogP contribution in [0.5, 0.6) is 0 Å². The van der Waals surface area contributed by atoms with E-state index < -0.39 is 0 Å². The van der Waals surface area contributed by atoms with Crippen LogP contribution < -0.4 is 5.73 Å². The molecule has 0 bridgehead atoms. The van der Waals surface area contributed by atoms with Crippen LogP contribution in [0.4, 0.5) is 5.69 Å². The predicted octanol–water partition coefficient (Wildman–Crippen LogP) is 2.96. The second-order valence-corrected chi connectivity index (χ2v) is 4.79. The molecule has 0 aliphatic rings. The van der Waals surface area contributed by atoms with Crippen LogP contribution in [0.1, 0.15) is 5.56 Å². The minimum atomic E-state index is 0.667. The number of nitrogen functional groups attached to an aromatic ring is 1. The first kappa shape index (κ1) is 8.78. The minimum absolute atomic E-state index is 0.667. The number of thiophene rings is 1. The summed E-state index contributed by atoms with van der Waals surface area (Å²) in [4.78, 5) is 0. The zero-order valence-corrected chi connectivity index (χ0v) is 9.52. The number of anilines is 1. The molecule has 0 aliphatic heterocycles. The van der Waals surface area contributed by atoms with E-state index in [2.05, 4.69) is 28.7 Å². The second-order valence-electron chi connectivity index (χ2n) is 2.63. The number of hydrogen-bond donors (Lipinski definition) is 1. The molecule has 0 saturated heterocycles. The number of nitrogens with two attached hydrogens (primary N) is 1. The van der Waals surface area contributed by atoms with Crippen LogP contribution in [0.15, 0.2) is 17.5 Å². The van der Waals surface area contributed by atoms with E-state index in [0.29, 0.717) is 11.3 Å². The highest BCUT2D eigenvalue weighted by Crippen LogP contribution is 2.32. The average Bonchev–Trinajstić information content (AvgIpc) is 2.46. The van der Waals surface area contributed by atoms with Gasteiger partial charge in [-0.15, -0.1) is 11.3 Å². The molecule has 2 N–H and O–H groups in total. The number of halogens is 1. The van der Waals surface area contributed by atoms with E-state index in [1.54, 1.807) is 11.3 Å². The Morgan fingerprint density at radius 2 is 2.23 bits per heavy atom. The fraction of sp³-hybridized carbons (Fsp3) is 0. The van der Waals surface area contributed by atoms with Crippen molar-refractivity contribution in [2.75, 3.05) is 5.73 Å². The number of benzene rings is 1. The molecular weight excluding hydrogens is 295 g/mol. The summed E-state index contributed by atoms with van der Waals surface area (Å²) in [5.41, 5.74) is 7.13. The molecular formula is C9H5IN2S. The first-order chi connectivity index (χ1) is 6.22. The zero-order chi connectivity index (χ0) is 9.42. The van der Waals surface area contributed by atoms with Gasteiger partial charge in [0.15, 0.2) is 0 Å². The van der Waals surface area contributed by atoms with Crippen molar-refractivity contribution in [1.29, 1.82) is 5.26 Å². The van der Waals surface area contributed by atoms with E-state index in [-0.39, 0.29) is 0 Å². The van der Waals surface area contributed by atoms with Gasteiger partial charge in [-0.25, -0.2) is 0 Å². The molecule has 1 aromatic heterocycles. The maximum atomic E-state index is 8.90. The summed E-state index contributed by atoms with van der Waals surface area (Å²) < 4.78 is 2.16. The van der Waals surface area contributed by atoms with Crippen LogP contribution >= 0.6 is 33.9 Å². The number of nitriles is 1. The molecule has 64 valence electrons. The third-order valence-electron chi connectivity index (χ3n) is 1.79. The van der Waals surface area contributed by atoms with Gasteiger partial charge in [0.2, 0.25) is 0 Å². The molecule has 2 nitrogen and oxygen atoms in total. The first-order valence-electron chi connectivity index (χ1n) is 3.58. The summed E-state index contributed by atoms with van der Waals surface area (Å²) in [6.07, 6.45) is 0. The molecule has 0 spiro atoms. The molecule has 4 heteroatoms. The van der Waals surface area contributed by atoms with Gasteiger partial charge >= 0.3 is 0 Å². The SMILES string of the molecule is N#Cc1cc(I)cc2scc(N)c12. The summed E-state index contributed by atoms with van der Waals surface area (Å²) >= 11 is 3.78. The van der Waals surface area contributed by atoms with Gasteiger partial charge in [0.05, 0.1) is 17.3 Å². The van der Waals surface area contributed by atoms with E-state index in [1.165, 1.54) is 0 Å². The largest absolute Gasteiger partial charge is 0.398 e. The molecule has 13 heavy (non-hydrogen) atoms. The number of fused-ring (bicyclic) bond motifs is 1. The third kappa shape index (κ3) is 1.38. The van der Waals surface area contributed by atoms with Crippen LogP contribution in [0.2, 0.25) is 0 Å². The van der Waals surface area contributed by atoms with Crippen molar-refractivity contribution in [2.24, 2.45) is 0 Å². The van der Waals surface area contributed by atoms with Crippen LogP contribution in [0.3, 0.4) is 0 Å². The summed E-state index contributed by atoms with van der Waals surface area (Å²) in [6.45, 7) is 0. The van der Waals surface area contributed by atoms with Gasteiger partial charge in [0, 0.05) is 19.0 Å². The lowest BCUT2D eigenvalue weighted by atomic mass is 10.1. The smallest absolute Gasteiger partial charge is 0.0999 e. The topological polar surface area (TPSA) is 49.8 Å². The fourth-order valence-corrected chi connectivity index (χ4v) is 2.99. The summed E-state index contributed by atoms with van der Waals surface area (Å²) in [5, 5.41) is 11.7. The van der Waals surface area contributed by atoms with Gasteiger partial charge in [0.1, 0.15) is 0 Å². The lowest BCUT2D eigenvalue weighted by Crippen LogP contribution is -1.85. The Balaban J connectivity index is 2.95. The van der Waals surface area contributed by atoms with Crippen molar-refractivity contribution in [2.45, 2.75) is 0 Å². The van der Waals surface area contributed by atoms with Crippen LogP contribution in [0, 0.1) is 14.9 Å². The normalized spacial score (nSPS) is 10.2. The highest BCUT2D eigenvalue weighted by atomic mass is 127. The van der Waals surface area contributed by atoms with E-state index in [9.17, 15) is 0 Å². The van der Waals surface area contributed by atoms with Gasteiger partial charge in [-0.2, -0.15) is 5.26 Å². The monoisotopic (exact) mass is 300 g/mol. The van der Waals surface area contributed by atoms with Gasteiger partial charge in [-0.3, -0.25) is 0 Å². The summed E-state index contributed by atoms with van der Waals surface area (Å²) in [5.74, 6) is 0. The third-order valence-corrected chi connectivity index (χ3v) is 3.36. The standard InChI is InChI=1S/C9H5IN2S/c10-6-1-5(3-11)9-7(12)4-13-8(9)2-6/h1-2,4H,12H2. The Labute approximate surface area is 93.1 Å². The van der Waals surface area contributed by atoms with E-state index in [0.717, 1.165) is 13.7 Å². The minimum Gasteiger partial charge on any atom is -0.398 e. The maximum Gasteiger partial charge on any atom is 0.0999 e. The molecule has 0 fully saturated rings. The molecule has 0 atom stereocenters. The molecule has 0 amide bonds. The molecule has 0 aliphatic carbocycles. The predicted molar refractivity (Wildman–Crippen MR) is 63.7 cm³/mol.